The van der Waals surface area contributed by atoms with E-state index in [1.165, 1.54) is 0 Å². The molecule has 2 atom stereocenters. The van der Waals surface area contributed by atoms with Crippen LogP contribution in [-0.2, 0) is 4.79 Å². The molecule has 0 aliphatic rings. The summed E-state index contributed by atoms with van der Waals surface area (Å²) in [6, 6.07) is 9.80. The second-order valence-electron chi connectivity index (χ2n) is 5.19. The Balaban J connectivity index is 2.87. The number of benzene rings is 1. The normalized spacial score (nSPS) is 14.5. The standard InChI is InChI=1S/C15H22INO2/c1-10(2)17(11(3)4)15(19)14(18)13(16)12-8-6-5-7-9-12/h5-11,13-14,18H,1-4H3/t13-,14+/m1/s1. The van der Waals surface area contributed by atoms with Gasteiger partial charge < -0.3 is 10.0 Å². The highest BCUT2D eigenvalue weighted by Crippen LogP contribution is 2.28. The van der Waals surface area contributed by atoms with Crippen molar-refractivity contribution in [2.24, 2.45) is 0 Å². The van der Waals surface area contributed by atoms with Crippen LogP contribution in [0.5, 0.6) is 0 Å². The third-order valence-electron chi connectivity index (χ3n) is 3.02. The van der Waals surface area contributed by atoms with Gasteiger partial charge in [0.25, 0.3) is 5.91 Å². The van der Waals surface area contributed by atoms with Gasteiger partial charge in [-0.15, -0.1) is 0 Å². The van der Waals surface area contributed by atoms with E-state index in [0.717, 1.165) is 5.56 Å². The first kappa shape index (κ1) is 16.4. The van der Waals surface area contributed by atoms with Crippen molar-refractivity contribution in [2.75, 3.05) is 0 Å². The molecule has 0 bridgehead atoms. The summed E-state index contributed by atoms with van der Waals surface area (Å²) >= 11 is 2.13. The molecule has 106 valence electrons. The van der Waals surface area contributed by atoms with Gasteiger partial charge in [-0.3, -0.25) is 4.79 Å². The van der Waals surface area contributed by atoms with Crippen LogP contribution in [0.3, 0.4) is 0 Å². The van der Waals surface area contributed by atoms with E-state index >= 15 is 0 Å². The Morgan fingerprint density at radius 1 is 1.11 bits per heavy atom. The van der Waals surface area contributed by atoms with Crippen molar-refractivity contribution in [1.82, 2.24) is 4.90 Å². The maximum absolute atomic E-state index is 12.4. The fraction of sp³-hybridized carbons (Fsp3) is 0.533. The largest absolute Gasteiger partial charge is 0.382 e. The van der Waals surface area contributed by atoms with E-state index in [-0.39, 0.29) is 21.9 Å². The predicted molar refractivity (Wildman–Crippen MR) is 86.3 cm³/mol. The van der Waals surface area contributed by atoms with E-state index in [1.807, 2.05) is 58.0 Å². The molecule has 4 heteroatoms. The Morgan fingerprint density at radius 2 is 1.58 bits per heavy atom. The van der Waals surface area contributed by atoms with Crippen molar-refractivity contribution in [3.05, 3.63) is 35.9 Å². The number of nitrogens with zero attached hydrogens (tertiary/aromatic N) is 1. The van der Waals surface area contributed by atoms with Crippen LogP contribution in [0.2, 0.25) is 0 Å². The van der Waals surface area contributed by atoms with Crippen LogP contribution in [0.1, 0.15) is 37.2 Å². The smallest absolute Gasteiger partial charge is 0.253 e. The first-order valence-corrected chi connectivity index (χ1v) is 7.80. The lowest BCUT2D eigenvalue weighted by molar-refractivity contribution is -0.143. The summed E-state index contributed by atoms with van der Waals surface area (Å²) < 4.78 is -0.230. The Morgan fingerprint density at radius 3 is 2.00 bits per heavy atom. The Bertz CT molecular complexity index is 398. The fourth-order valence-corrected chi connectivity index (χ4v) is 2.93. The topological polar surface area (TPSA) is 40.5 Å². The van der Waals surface area contributed by atoms with Crippen LogP contribution in [-0.4, -0.2) is 34.1 Å². The van der Waals surface area contributed by atoms with Gasteiger partial charge in [-0.25, -0.2) is 0 Å². The average molecular weight is 375 g/mol. The molecule has 0 spiro atoms. The first-order chi connectivity index (χ1) is 8.86. The molecule has 0 aliphatic heterocycles. The molecule has 1 aromatic rings. The lowest BCUT2D eigenvalue weighted by Crippen LogP contribution is -2.48. The third-order valence-corrected chi connectivity index (χ3v) is 4.42. The molecule has 1 aromatic carbocycles. The number of rotatable bonds is 5. The lowest BCUT2D eigenvalue weighted by Gasteiger charge is -2.33. The summed E-state index contributed by atoms with van der Waals surface area (Å²) in [5.74, 6) is -0.201. The van der Waals surface area contributed by atoms with Crippen molar-refractivity contribution >= 4 is 28.5 Å². The second-order valence-corrected chi connectivity index (χ2v) is 6.53. The number of hydrogen-bond acceptors (Lipinski definition) is 2. The Hall–Kier alpha value is -0.620. The summed E-state index contributed by atoms with van der Waals surface area (Å²) in [4.78, 5) is 14.1. The van der Waals surface area contributed by atoms with E-state index in [0.29, 0.717) is 0 Å². The molecule has 0 unspecified atom stereocenters. The van der Waals surface area contributed by atoms with E-state index in [4.69, 9.17) is 0 Å². The highest BCUT2D eigenvalue weighted by Gasteiger charge is 2.31. The molecule has 19 heavy (non-hydrogen) atoms. The van der Waals surface area contributed by atoms with Crippen LogP contribution in [0.25, 0.3) is 0 Å². The van der Waals surface area contributed by atoms with E-state index < -0.39 is 6.10 Å². The average Bonchev–Trinajstić information content (AvgIpc) is 2.37. The number of aliphatic hydroxyl groups excluding tert-OH is 1. The maximum Gasteiger partial charge on any atom is 0.253 e. The zero-order chi connectivity index (χ0) is 14.6. The van der Waals surface area contributed by atoms with Crippen molar-refractivity contribution in [3.8, 4) is 0 Å². The van der Waals surface area contributed by atoms with Crippen LogP contribution in [0.4, 0.5) is 0 Å². The molecule has 1 rings (SSSR count). The zero-order valence-corrected chi connectivity index (χ0v) is 14.0. The fourth-order valence-electron chi connectivity index (χ4n) is 2.20. The molecule has 0 fully saturated rings. The van der Waals surface area contributed by atoms with Crippen molar-refractivity contribution < 1.29 is 9.90 Å². The van der Waals surface area contributed by atoms with Gasteiger partial charge in [0.1, 0.15) is 6.10 Å². The van der Waals surface area contributed by atoms with Gasteiger partial charge in [0.15, 0.2) is 0 Å². The Labute approximate surface area is 129 Å². The van der Waals surface area contributed by atoms with Gasteiger partial charge in [-0.2, -0.15) is 0 Å². The number of aliphatic hydroxyl groups is 1. The van der Waals surface area contributed by atoms with E-state index in [9.17, 15) is 9.90 Å². The number of amides is 1. The number of hydrogen-bond donors (Lipinski definition) is 1. The molecule has 1 N–H and O–H groups in total. The summed E-state index contributed by atoms with van der Waals surface area (Å²) in [5.41, 5.74) is 0.969. The summed E-state index contributed by atoms with van der Waals surface area (Å²) in [6.45, 7) is 7.87. The van der Waals surface area contributed by atoms with Crippen molar-refractivity contribution in [2.45, 2.75) is 49.8 Å². The van der Waals surface area contributed by atoms with Crippen LogP contribution < -0.4 is 0 Å². The highest BCUT2D eigenvalue weighted by molar-refractivity contribution is 14.1. The molecule has 1 amide bonds. The molecule has 0 heterocycles. The van der Waals surface area contributed by atoms with Gasteiger partial charge in [0.05, 0.1) is 3.92 Å². The van der Waals surface area contributed by atoms with Gasteiger partial charge in [-0.05, 0) is 33.3 Å². The first-order valence-electron chi connectivity index (χ1n) is 6.55. The third kappa shape index (κ3) is 4.18. The van der Waals surface area contributed by atoms with E-state index in [2.05, 4.69) is 22.6 Å². The van der Waals surface area contributed by atoms with Crippen LogP contribution >= 0.6 is 22.6 Å². The molecule has 0 radical (unpaired) electrons. The van der Waals surface area contributed by atoms with Crippen LogP contribution in [0, 0.1) is 0 Å². The molecule has 0 saturated heterocycles. The minimum absolute atomic E-state index is 0.0847. The molecule has 0 aliphatic carbocycles. The second kappa shape index (κ2) is 7.24. The number of alkyl halides is 1. The summed E-state index contributed by atoms with van der Waals surface area (Å²) in [5, 5.41) is 10.3. The summed E-state index contributed by atoms with van der Waals surface area (Å²) in [7, 11) is 0. The molecular formula is C15H22INO2. The molecule has 3 nitrogen and oxygen atoms in total. The van der Waals surface area contributed by atoms with Crippen LogP contribution in [0.15, 0.2) is 30.3 Å². The SMILES string of the molecule is CC(C)N(C(=O)[C@@H](O)[C@H](I)c1ccccc1)C(C)C. The number of halogens is 1. The Kier molecular flexibility index (Phi) is 6.26. The maximum atomic E-state index is 12.4. The minimum Gasteiger partial charge on any atom is -0.382 e. The number of carbonyl (C=O) groups excluding carboxylic acids is 1. The molecule has 0 saturated carbocycles. The van der Waals surface area contributed by atoms with Gasteiger partial charge in [-0.1, -0.05) is 52.9 Å². The zero-order valence-electron chi connectivity index (χ0n) is 11.9. The highest BCUT2D eigenvalue weighted by atomic mass is 127. The lowest BCUT2D eigenvalue weighted by atomic mass is 10.1. The minimum atomic E-state index is -1.01. The molecule has 0 aromatic heterocycles. The van der Waals surface area contributed by atoms with Gasteiger partial charge >= 0.3 is 0 Å². The quantitative estimate of drug-likeness (QED) is 0.635. The van der Waals surface area contributed by atoms with Crippen molar-refractivity contribution in [3.63, 3.8) is 0 Å². The van der Waals surface area contributed by atoms with Gasteiger partial charge in [0, 0.05) is 12.1 Å². The predicted octanol–water partition coefficient (Wildman–Crippen LogP) is 3.17. The summed E-state index contributed by atoms with van der Waals surface area (Å²) in [6.07, 6.45) is -1.01. The van der Waals surface area contributed by atoms with E-state index in [1.54, 1.807) is 4.90 Å². The van der Waals surface area contributed by atoms with Gasteiger partial charge in [0.2, 0.25) is 0 Å². The van der Waals surface area contributed by atoms with Crippen molar-refractivity contribution in [1.29, 1.82) is 0 Å². The monoisotopic (exact) mass is 375 g/mol. The molecular weight excluding hydrogens is 353 g/mol. The number of carbonyl (C=O) groups is 1.